The SMILES string of the molecule is CC1CCCN(Cc2nc(C(C)(C)N)no2)C1.Cl. The first-order valence-electron chi connectivity index (χ1n) is 6.29. The Hall–Kier alpha value is -0.650. The Morgan fingerprint density at radius 2 is 2.22 bits per heavy atom. The first kappa shape index (κ1) is 15.4. The average molecular weight is 275 g/mol. The Balaban J connectivity index is 0.00000162. The molecule has 0 radical (unpaired) electrons. The monoisotopic (exact) mass is 274 g/mol. The van der Waals surface area contributed by atoms with Gasteiger partial charge >= 0.3 is 0 Å². The molecule has 1 aromatic heterocycles. The molecular weight excluding hydrogens is 252 g/mol. The molecule has 1 atom stereocenters. The number of likely N-dealkylation sites (tertiary alicyclic amines) is 1. The number of nitrogens with two attached hydrogens (primary N) is 1. The van der Waals surface area contributed by atoms with Gasteiger partial charge in [0.25, 0.3) is 0 Å². The van der Waals surface area contributed by atoms with Crippen LogP contribution >= 0.6 is 12.4 Å². The van der Waals surface area contributed by atoms with Gasteiger partial charge < -0.3 is 10.3 Å². The Labute approximate surface area is 115 Å². The lowest BCUT2D eigenvalue weighted by Gasteiger charge is -2.29. The van der Waals surface area contributed by atoms with Gasteiger partial charge in [-0.1, -0.05) is 12.1 Å². The number of nitrogens with zero attached hydrogens (tertiary/aromatic N) is 3. The molecule has 0 bridgehead atoms. The third-order valence-corrected chi connectivity index (χ3v) is 3.14. The molecule has 0 aromatic carbocycles. The Morgan fingerprint density at radius 1 is 1.50 bits per heavy atom. The Kier molecular flexibility index (Phi) is 5.13. The van der Waals surface area contributed by atoms with Gasteiger partial charge in [0, 0.05) is 6.54 Å². The van der Waals surface area contributed by atoms with E-state index in [-0.39, 0.29) is 12.4 Å². The maximum Gasteiger partial charge on any atom is 0.240 e. The minimum atomic E-state index is -0.531. The van der Waals surface area contributed by atoms with E-state index >= 15 is 0 Å². The van der Waals surface area contributed by atoms with E-state index in [2.05, 4.69) is 22.0 Å². The molecule has 2 N–H and O–H groups in total. The molecule has 2 heterocycles. The van der Waals surface area contributed by atoms with E-state index in [9.17, 15) is 0 Å². The Morgan fingerprint density at radius 3 is 2.78 bits per heavy atom. The molecule has 1 aromatic rings. The van der Waals surface area contributed by atoms with Crippen molar-refractivity contribution in [3.63, 3.8) is 0 Å². The van der Waals surface area contributed by atoms with Crippen molar-refractivity contribution in [2.75, 3.05) is 13.1 Å². The second kappa shape index (κ2) is 5.99. The lowest BCUT2D eigenvalue weighted by Crippen LogP contribution is -2.34. The van der Waals surface area contributed by atoms with Gasteiger partial charge in [-0.2, -0.15) is 4.98 Å². The zero-order chi connectivity index (χ0) is 12.5. The van der Waals surface area contributed by atoms with Crippen LogP contribution in [0, 0.1) is 5.92 Å². The van der Waals surface area contributed by atoms with E-state index in [0.717, 1.165) is 25.6 Å². The topological polar surface area (TPSA) is 68.2 Å². The summed E-state index contributed by atoms with van der Waals surface area (Å²) in [7, 11) is 0. The van der Waals surface area contributed by atoms with Crippen molar-refractivity contribution in [1.82, 2.24) is 15.0 Å². The van der Waals surface area contributed by atoms with E-state index in [1.54, 1.807) is 0 Å². The molecule has 5 nitrogen and oxygen atoms in total. The molecule has 1 aliphatic rings. The summed E-state index contributed by atoms with van der Waals surface area (Å²) in [6.07, 6.45) is 2.58. The molecule has 1 fully saturated rings. The standard InChI is InChI=1S/C12H22N4O.ClH/c1-9-5-4-6-16(7-9)8-10-14-11(15-17-10)12(2,3)13;/h9H,4-8,13H2,1-3H3;1H. The highest BCUT2D eigenvalue weighted by atomic mass is 35.5. The molecule has 104 valence electrons. The highest BCUT2D eigenvalue weighted by Crippen LogP contribution is 2.18. The summed E-state index contributed by atoms with van der Waals surface area (Å²) in [5, 5.41) is 3.93. The number of piperidine rings is 1. The predicted octanol–water partition coefficient (Wildman–Crippen LogP) is 1.92. The maximum absolute atomic E-state index is 5.93. The predicted molar refractivity (Wildman–Crippen MR) is 72.4 cm³/mol. The van der Waals surface area contributed by atoms with Crippen molar-refractivity contribution < 1.29 is 4.52 Å². The number of halogens is 1. The van der Waals surface area contributed by atoms with Gasteiger partial charge in [0.1, 0.15) is 0 Å². The lowest BCUT2D eigenvalue weighted by molar-refractivity contribution is 0.157. The van der Waals surface area contributed by atoms with Crippen molar-refractivity contribution in [3.05, 3.63) is 11.7 Å². The average Bonchev–Trinajstić information content (AvgIpc) is 2.65. The fourth-order valence-corrected chi connectivity index (χ4v) is 2.20. The Bertz CT molecular complexity index is 374. The fraction of sp³-hybridized carbons (Fsp3) is 0.833. The van der Waals surface area contributed by atoms with Crippen LogP contribution in [0.1, 0.15) is 45.3 Å². The van der Waals surface area contributed by atoms with Gasteiger partial charge in [0.2, 0.25) is 5.89 Å². The van der Waals surface area contributed by atoms with Crippen LogP contribution in [0.2, 0.25) is 0 Å². The summed E-state index contributed by atoms with van der Waals surface area (Å²) in [4.78, 5) is 6.73. The first-order chi connectivity index (χ1) is 7.95. The van der Waals surface area contributed by atoms with Crippen molar-refractivity contribution in [2.24, 2.45) is 11.7 Å². The third-order valence-electron chi connectivity index (χ3n) is 3.14. The van der Waals surface area contributed by atoms with Crippen molar-refractivity contribution in [3.8, 4) is 0 Å². The zero-order valence-corrected chi connectivity index (χ0v) is 12.2. The van der Waals surface area contributed by atoms with Crippen molar-refractivity contribution in [2.45, 2.75) is 45.7 Å². The number of hydrogen-bond acceptors (Lipinski definition) is 5. The number of hydrogen-bond donors (Lipinski definition) is 1. The smallest absolute Gasteiger partial charge is 0.240 e. The molecule has 1 saturated heterocycles. The summed E-state index contributed by atoms with van der Waals surface area (Å²) in [5.74, 6) is 2.02. The molecule has 1 aliphatic heterocycles. The first-order valence-corrected chi connectivity index (χ1v) is 6.29. The van der Waals surface area contributed by atoms with Gasteiger partial charge in [-0.05, 0) is 39.2 Å². The fourth-order valence-electron chi connectivity index (χ4n) is 2.20. The third kappa shape index (κ3) is 3.93. The molecule has 0 spiro atoms. The summed E-state index contributed by atoms with van der Waals surface area (Å²) in [6, 6.07) is 0. The second-order valence-corrected chi connectivity index (χ2v) is 5.72. The van der Waals surface area contributed by atoms with E-state index in [1.807, 2.05) is 13.8 Å². The van der Waals surface area contributed by atoms with Gasteiger partial charge in [0.05, 0.1) is 12.1 Å². The summed E-state index contributed by atoms with van der Waals surface area (Å²) in [6.45, 7) is 9.02. The molecule has 0 aliphatic carbocycles. The quantitative estimate of drug-likeness (QED) is 0.912. The van der Waals surface area contributed by atoms with E-state index < -0.39 is 5.54 Å². The van der Waals surface area contributed by atoms with Gasteiger partial charge in [-0.3, -0.25) is 4.90 Å². The van der Waals surface area contributed by atoms with Crippen LogP contribution in [0.4, 0.5) is 0 Å². The van der Waals surface area contributed by atoms with Crippen molar-refractivity contribution >= 4 is 12.4 Å². The van der Waals surface area contributed by atoms with E-state index in [4.69, 9.17) is 10.3 Å². The van der Waals surface area contributed by atoms with Crippen LogP contribution in [-0.2, 0) is 12.1 Å². The summed E-state index contributed by atoms with van der Waals surface area (Å²) in [5.41, 5.74) is 5.40. The normalized spacial score (nSPS) is 21.7. The summed E-state index contributed by atoms with van der Waals surface area (Å²) >= 11 is 0. The van der Waals surface area contributed by atoms with E-state index in [0.29, 0.717) is 11.7 Å². The summed E-state index contributed by atoms with van der Waals surface area (Å²) < 4.78 is 5.25. The molecule has 18 heavy (non-hydrogen) atoms. The highest BCUT2D eigenvalue weighted by molar-refractivity contribution is 5.85. The number of rotatable bonds is 3. The largest absolute Gasteiger partial charge is 0.338 e. The molecular formula is C12H23ClN4O. The van der Waals surface area contributed by atoms with Crippen LogP contribution in [-0.4, -0.2) is 28.1 Å². The van der Waals surface area contributed by atoms with Crippen molar-refractivity contribution in [1.29, 1.82) is 0 Å². The van der Waals surface area contributed by atoms with E-state index in [1.165, 1.54) is 12.8 Å². The van der Waals surface area contributed by atoms with Crippen LogP contribution in [0.3, 0.4) is 0 Å². The van der Waals surface area contributed by atoms with Crippen LogP contribution in [0.5, 0.6) is 0 Å². The number of aromatic nitrogens is 2. The highest BCUT2D eigenvalue weighted by Gasteiger charge is 2.23. The molecule has 0 saturated carbocycles. The van der Waals surface area contributed by atoms with Crippen LogP contribution in [0.25, 0.3) is 0 Å². The second-order valence-electron chi connectivity index (χ2n) is 5.72. The molecule has 6 heteroatoms. The maximum atomic E-state index is 5.93. The zero-order valence-electron chi connectivity index (χ0n) is 11.3. The minimum Gasteiger partial charge on any atom is -0.338 e. The van der Waals surface area contributed by atoms with Crippen LogP contribution < -0.4 is 5.73 Å². The minimum absolute atomic E-state index is 0. The van der Waals surface area contributed by atoms with Gasteiger partial charge in [-0.25, -0.2) is 0 Å². The van der Waals surface area contributed by atoms with Crippen LogP contribution in [0.15, 0.2) is 4.52 Å². The molecule has 1 unspecified atom stereocenters. The molecule has 2 rings (SSSR count). The van der Waals surface area contributed by atoms with Gasteiger partial charge in [-0.15, -0.1) is 12.4 Å². The lowest BCUT2D eigenvalue weighted by atomic mass is 10.0. The molecule has 0 amide bonds. The van der Waals surface area contributed by atoms with Gasteiger partial charge in [0.15, 0.2) is 5.82 Å².